The van der Waals surface area contributed by atoms with Crippen molar-refractivity contribution in [3.63, 3.8) is 0 Å². The Balaban J connectivity index is 2.05. The first-order valence-electron chi connectivity index (χ1n) is 8.29. The van der Waals surface area contributed by atoms with Gasteiger partial charge in [-0.1, -0.05) is 18.2 Å². The van der Waals surface area contributed by atoms with Crippen LogP contribution in [0.5, 0.6) is 0 Å². The van der Waals surface area contributed by atoms with Gasteiger partial charge in [0.05, 0.1) is 20.9 Å². The Kier molecular flexibility index (Phi) is 5.18. The van der Waals surface area contributed by atoms with Crippen molar-refractivity contribution in [1.82, 2.24) is 9.55 Å². The minimum absolute atomic E-state index is 0.0851. The molecular formula is C18H14F3N3O4S. The van der Waals surface area contributed by atoms with E-state index in [9.17, 15) is 31.7 Å². The van der Waals surface area contributed by atoms with E-state index in [4.69, 9.17) is 0 Å². The number of hydrogen-bond donors (Lipinski definition) is 0. The van der Waals surface area contributed by atoms with Crippen LogP contribution in [0.4, 0.5) is 18.9 Å². The SMILES string of the molecule is CCn1c(/C=C/c2cccc([N+](=O)[O-])c2)nc2cc(S(=O)(=O)C(F)(F)F)ccc21. The van der Waals surface area contributed by atoms with Crippen molar-refractivity contribution >= 4 is 38.7 Å². The molecule has 0 fully saturated rings. The fraction of sp³-hybridized carbons (Fsp3) is 0.167. The highest BCUT2D eigenvalue weighted by molar-refractivity contribution is 7.92. The first-order chi connectivity index (χ1) is 13.5. The third-order valence-electron chi connectivity index (χ3n) is 4.19. The number of benzene rings is 2. The van der Waals surface area contributed by atoms with Crippen molar-refractivity contribution in [2.24, 2.45) is 0 Å². The first-order valence-corrected chi connectivity index (χ1v) is 9.77. The number of fused-ring (bicyclic) bond motifs is 1. The van der Waals surface area contributed by atoms with Gasteiger partial charge in [0.15, 0.2) is 0 Å². The number of nitrogens with zero attached hydrogens (tertiary/aromatic N) is 3. The fourth-order valence-corrected chi connectivity index (χ4v) is 3.58. The molecule has 0 spiro atoms. The maximum absolute atomic E-state index is 12.8. The number of rotatable bonds is 5. The van der Waals surface area contributed by atoms with Gasteiger partial charge in [0.2, 0.25) is 0 Å². The molecule has 0 N–H and O–H groups in total. The van der Waals surface area contributed by atoms with E-state index in [1.54, 1.807) is 29.7 Å². The Labute approximate surface area is 163 Å². The van der Waals surface area contributed by atoms with E-state index in [1.807, 2.05) is 0 Å². The molecule has 0 aliphatic rings. The van der Waals surface area contributed by atoms with Crippen LogP contribution >= 0.6 is 0 Å². The number of nitro benzene ring substituents is 1. The molecule has 0 saturated carbocycles. The number of aromatic nitrogens is 2. The Hall–Kier alpha value is -3.21. The lowest BCUT2D eigenvalue weighted by atomic mass is 10.2. The summed E-state index contributed by atoms with van der Waals surface area (Å²) < 4.78 is 63.3. The van der Waals surface area contributed by atoms with E-state index in [-0.39, 0.29) is 11.2 Å². The van der Waals surface area contributed by atoms with Gasteiger partial charge < -0.3 is 4.57 Å². The van der Waals surface area contributed by atoms with Gasteiger partial charge in [0, 0.05) is 18.7 Å². The van der Waals surface area contributed by atoms with Gasteiger partial charge in [-0.05, 0) is 36.8 Å². The average Bonchev–Trinajstić information content (AvgIpc) is 3.02. The van der Waals surface area contributed by atoms with Crippen molar-refractivity contribution in [3.8, 4) is 0 Å². The molecule has 1 heterocycles. The summed E-state index contributed by atoms with van der Waals surface area (Å²) in [5, 5.41) is 10.9. The normalized spacial score (nSPS) is 12.7. The molecule has 29 heavy (non-hydrogen) atoms. The van der Waals surface area contributed by atoms with Crippen LogP contribution in [-0.4, -0.2) is 28.4 Å². The van der Waals surface area contributed by atoms with Gasteiger partial charge in [-0.2, -0.15) is 13.2 Å². The summed E-state index contributed by atoms with van der Waals surface area (Å²) >= 11 is 0. The average molecular weight is 425 g/mol. The number of hydrogen-bond acceptors (Lipinski definition) is 5. The zero-order valence-corrected chi connectivity index (χ0v) is 15.7. The standard InChI is InChI=1S/C18H14F3N3O4S/c1-2-23-16-8-7-14(29(27,28)18(19,20)21)11-15(16)22-17(23)9-6-12-4-3-5-13(10-12)24(25)26/h3-11H,2H2,1H3/b9-6+. The zero-order chi connectivity index (χ0) is 21.4. The van der Waals surface area contributed by atoms with Crippen LogP contribution in [0.1, 0.15) is 18.3 Å². The monoisotopic (exact) mass is 425 g/mol. The van der Waals surface area contributed by atoms with Crippen molar-refractivity contribution in [2.75, 3.05) is 0 Å². The van der Waals surface area contributed by atoms with Crippen molar-refractivity contribution in [1.29, 1.82) is 0 Å². The smallest absolute Gasteiger partial charge is 0.325 e. The first kappa shape index (κ1) is 20.5. The lowest BCUT2D eigenvalue weighted by molar-refractivity contribution is -0.384. The summed E-state index contributed by atoms with van der Waals surface area (Å²) in [6, 6.07) is 8.94. The molecular weight excluding hydrogens is 411 g/mol. The minimum atomic E-state index is -5.48. The number of aryl methyl sites for hydroxylation is 1. The van der Waals surface area contributed by atoms with Gasteiger partial charge in [0.1, 0.15) is 5.82 Å². The topological polar surface area (TPSA) is 95.1 Å². The molecule has 3 aromatic rings. The number of non-ortho nitro benzene ring substituents is 1. The molecule has 152 valence electrons. The second kappa shape index (κ2) is 7.32. The molecule has 0 amide bonds. The number of nitro groups is 1. The van der Waals surface area contributed by atoms with Gasteiger partial charge in [-0.15, -0.1) is 0 Å². The highest BCUT2D eigenvalue weighted by Gasteiger charge is 2.47. The van der Waals surface area contributed by atoms with Crippen LogP contribution in [0.15, 0.2) is 47.4 Å². The Morgan fingerprint density at radius 3 is 2.52 bits per heavy atom. The molecule has 0 aliphatic carbocycles. The van der Waals surface area contributed by atoms with Crippen LogP contribution in [0.25, 0.3) is 23.2 Å². The van der Waals surface area contributed by atoms with Gasteiger partial charge in [-0.25, -0.2) is 13.4 Å². The van der Waals surface area contributed by atoms with E-state index >= 15 is 0 Å². The summed E-state index contributed by atoms with van der Waals surface area (Å²) in [6.45, 7) is 2.22. The van der Waals surface area contributed by atoms with Crippen LogP contribution in [0, 0.1) is 10.1 Å². The molecule has 11 heteroatoms. The van der Waals surface area contributed by atoms with Crippen molar-refractivity contribution in [3.05, 3.63) is 64.0 Å². The minimum Gasteiger partial charge on any atom is -0.325 e. The molecule has 7 nitrogen and oxygen atoms in total. The van der Waals surface area contributed by atoms with Gasteiger partial charge >= 0.3 is 5.51 Å². The van der Waals surface area contributed by atoms with Crippen LogP contribution in [-0.2, 0) is 16.4 Å². The second-order valence-corrected chi connectivity index (χ2v) is 7.94. The van der Waals surface area contributed by atoms with E-state index in [1.165, 1.54) is 24.3 Å². The summed E-state index contributed by atoms with van der Waals surface area (Å²) in [5.74, 6) is 0.371. The molecule has 0 unspecified atom stereocenters. The lowest BCUT2D eigenvalue weighted by Gasteiger charge is -2.08. The highest BCUT2D eigenvalue weighted by Crippen LogP contribution is 2.32. The maximum atomic E-state index is 12.8. The van der Waals surface area contributed by atoms with Crippen molar-refractivity contribution < 1.29 is 26.5 Å². The predicted molar refractivity (Wildman–Crippen MR) is 101 cm³/mol. The third-order valence-corrected chi connectivity index (χ3v) is 5.67. The Morgan fingerprint density at radius 1 is 1.17 bits per heavy atom. The summed E-state index contributed by atoms with van der Waals surface area (Å²) in [4.78, 5) is 13.7. The van der Waals surface area contributed by atoms with E-state index in [2.05, 4.69) is 4.98 Å². The lowest BCUT2D eigenvalue weighted by Crippen LogP contribution is -2.23. The van der Waals surface area contributed by atoms with Crippen LogP contribution in [0.3, 0.4) is 0 Å². The largest absolute Gasteiger partial charge is 0.501 e. The molecule has 0 radical (unpaired) electrons. The number of imidazole rings is 1. The number of alkyl halides is 3. The zero-order valence-electron chi connectivity index (χ0n) is 14.9. The van der Waals surface area contributed by atoms with Crippen molar-refractivity contribution in [2.45, 2.75) is 23.9 Å². The highest BCUT2D eigenvalue weighted by atomic mass is 32.2. The number of sulfone groups is 1. The molecule has 0 aliphatic heterocycles. The molecule has 2 aromatic carbocycles. The molecule has 0 saturated heterocycles. The molecule has 3 rings (SSSR count). The summed E-state index contributed by atoms with van der Waals surface area (Å²) in [6.07, 6.45) is 3.13. The van der Waals surface area contributed by atoms with Gasteiger partial charge in [-0.3, -0.25) is 10.1 Å². The Morgan fingerprint density at radius 2 is 1.90 bits per heavy atom. The summed E-state index contributed by atoms with van der Waals surface area (Å²) in [7, 11) is -5.48. The van der Waals surface area contributed by atoms with Gasteiger partial charge in [0.25, 0.3) is 15.5 Å². The molecule has 0 bridgehead atoms. The predicted octanol–water partition coefficient (Wildman–Crippen LogP) is 4.43. The van der Waals surface area contributed by atoms with E-state index < -0.39 is 25.2 Å². The Bertz CT molecular complexity index is 1230. The quantitative estimate of drug-likeness (QED) is 0.445. The third kappa shape index (κ3) is 3.86. The van der Waals surface area contributed by atoms with E-state index in [0.717, 1.165) is 12.1 Å². The number of halogens is 3. The second-order valence-electron chi connectivity index (χ2n) is 6.00. The maximum Gasteiger partial charge on any atom is 0.501 e. The van der Waals surface area contributed by atoms with E-state index in [0.29, 0.717) is 23.4 Å². The molecule has 1 aromatic heterocycles. The fourth-order valence-electron chi connectivity index (χ4n) is 2.80. The van der Waals surface area contributed by atoms with Crippen LogP contribution in [0.2, 0.25) is 0 Å². The summed E-state index contributed by atoms with van der Waals surface area (Å²) in [5.41, 5.74) is -4.39. The van der Waals surface area contributed by atoms with Crippen LogP contribution < -0.4 is 0 Å². The molecule has 0 atom stereocenters.